The highest BCUT2D eigenvalue weighted by molar-refractivity contribution is 6.31. The van der Waals surface area contributed by atoms with Crippen LogP contribution in [0.1, 0.15) is 65.1 Å². The molecule has 3 rings (SSSR count). The molecule has 0 saturated heterocycles. The van der Waals surface area contributed by atoms with Crippen LogP contribution in [0, 0.1) is 0 Å². The number of hydrogen-bond acceptors (Lipinski definition) is 8. The first-order valence-corrected chi connectivity index (χ1v) is 9.93. The van der Waals surface area contributed by atoms with E-state index in [1.807, 2.05) is 0 Å². The van der Waals surface area contributed by atoms with Gasteiger partial charge in [-0.15, -0.1) is 0 Å². The van der Waals surface area contributed by atoms with Crippen molar-refractivity contribution in [2.75, 3.05) is 0 Å². The number of fused-ring (bicyclic) bond motifs is 2. The highest BCUT2D eigenvalue weighted by Gasteiger charge is 2.36. The van der Waals surface area contributed by atoms with Crippen molar-refractivity contribution >= 4 is 29.1 Å². The van der Waals surface area contributed by atoms with Gasteiger partial charge in [0.25, 0.3) is 0 Å². The lowest BCUT2D eigenvalue weighted by Crippen LogP contribution is -2.22. The maximum absolute atomic E-state index is 13.1. The number of carbonyl (C=O) groups excluding carboxylic acids is 4. The van der Waals surface area contributed by atoms with Crippen molar-refractivity contribution in [3.8, 4) is 11.5 Å². The van der Waals surface area contributed by atoms with Crippen molar-refractivity contribution in [3.63, 3.8) is 0 Å². The van der Waals surface area contributed by atoms with Gasteiger partial charge in [0.1, 0.15) is 11.5 Å². The molecule has 0 unspecified atom stereocenters. The minimum Gasteiger partial charge on any atom is -0.507 e. The summed E-state index contributed by atoms with van der Waals surface area (Å²) >= 11 is 0. The van der Waals surface area contributed by atoms with Crippen LogP contribution in [-0.2, 0) is 19.1 Å². The van der Waals surface area contributed by atoms with Gasteiger partial charge in [0.2, 0.25) is 5.78 Å². The van der Waals surface area contributed by atoms with Gasteiger partial charge in [0, 0.05) is 22.8 Å². The van der Waals surface area contributed by atoms with Gasteiger partial charge in [-0.05, 0) is 45.9 Å². The Balaban J connectivity index is 2.20. The van der Waals surface area contributed by atoms with Crippen LogP contribution in [0.15, 0.2) is 36.4 Å². The van der Waals surface area contributed by atoms with Gasteiger partial charge >= 0.3 is 11.9 Å². The van der Waals surface area contributed by atoms with Gasteiger partial charge in [-0.1, -0.05) is 12.1 Å². The van der Waals surface area contributed by atoms with Gasteiger partial charge in [0.15, 0.2) is 5.78 Å². The van der Waals surface area contributed by atoms with E-state index < -0.39 is 47.2 Å². The lowest BCUT2D eigenvalue weighted by Gasteiger charge is -2.21. The zero-order valence-corrected chi connectivity index (χ0v) is 18.0. The Kier molecular flexibility index (Phi) is 6.16. The predicted octanol–water partition coefficient (Wildman–Crippen LogP) is 3.16. The zero-order valence-electron chi connectivity index (χ0n) is 18.0. The van der Waals surface area contributed by atoms with Gasteiger partial charge < -0.3 is 19.7 Å². The van der Waals surface area contributed by atoms with E-state index in [1.54, 1.807) is 27.7 Å². The molecular formula is C24H22O8. The number of rotatable bonds is 5. The third-order valence-corrected chi connectivity index (χ3v) is 4.63. The Hall–Kier alpha value is -3.94. The summed E-state index contributed by atoms with van der Waals surface area (Å²) in [5, 5.41) is 21.1. The summed E-state index contributed by atoms with van der Waals surface area (Å²) in [4.78, 5) is 50.9. The number of phenolic OH excluding ortho intramolecular Hbond substituents is 2. The number of carbonyl (C=O) groups is 4. The molecule has 0 heterocycles. The van der Waals surface area contributed by atoms with E-state index in [1.165, 1.54) is 30.3 Å². The van der Waals surface area contributed by atoms with E-state index in [2.05, 4.69) is 0 Å². The van der Waals surface area contributed by atoms with Gasteiger partial charge in [-0.25, -0.2) is 9.59 Å². The number of hydrogen-bond donors (Lipinski definition) is 2. The first-order chi connectivity index (χ1) is 15.0. The van der Waals surface area contributed by atoms with E-state index in [0.717, 1.165) is 6.08 Å². The molecule has 1 aliphatic rings. The van der Waals surface area contributed by atoms with Crippen LogP contribution in [0.2, 0.25) is 0 Å². The SMILES string of the molecule is CC(C)OC(=O)/C=C(/C(=O)OC(C)C)c1ccc2c(c1O)C(=O)c1c(O)cccc1C2=O. The predicted molar refractivity (Wildman–Crippen MR) is 114 cm³/mol. The number of benzene rings is 2. The second-order valence-electron chi connectivity index (χ2n) is 7.74. The number of aromatic hydroxyl groups is 2. The molecule has 0 saturated carbocycles. The van der Waals surface area contributed by atoms with Gasteiger partial charge in [-0.2, -0.15) is 0 Å². The van der Waals surface area contributed by atoms with E-state index in [0.29, 0.717) is 0 Å². The zero-order chi connectivity index (χ0) is 23.7. The second kappa shape index (κ2) is 8.66. The number of ether oxygens (including phenoxy) is 2. The molecule has 0 amide bonds. The second-order valence-corrected chi connectivity index (χ2v) is 7.74. The summed E-state index contributed by atoms with van der Waals surface area (Å²) in [6.45, 7) is 6.47. The fourth-order valence-electron chi connectivity index (χ4n) is 3.37. The van der Waals surface area contributed by atoms with E-state index >= 15 is 0 Å². The molecule has 2 N–H and O–H groups in total. The normalized spacial score (nSPS) is 13.1. The Morgan fingerprint density at radius 3 is 2.09 bits per heavy atom. The lowest BCUT2D eigenvalue weighted by atomic mass is 9.81. The summed E-state index contributed by atoms with van der Waals surface area (Å²) in [7, 11) is 0. The summed E-state index contributed by atoms with van der Waals surface area (Å²) < 4.78 is 10.2. The Labute approximate surface area is 184 Å². The molecule has 32 heavy (non-hydrogen) atoms. The molecule has 2 aromatic carbocycles. The fraction of sp³-hybridized carbons (Fsp3) is 0.250. The van der Waals surface area contributed by atoms with Crippen LogP contribution in [0.3, 0.4) is 0 Å². The molecule has 0 fully saturated rings. The van der Waals surface area contributed by atoms with Crippen LogP contribution in [-0.4, -0.2) is 45.9 Å². The number of ketones is 2. The molecule has 1 aliphatic carbocycles. The number of phenols is 2. The standard InChI is InChI=1S/C24H22O8/c1-11(2)31-18(26)10-16(24(30)32-12(3)4)13-8-9-15-20(22(13)28)23(29)19-14(21(15)27)6-5-7-17(19)25/h5-12,25,28H,1-4H3/b16-10+. The van der Waals surface area contributed by atoms with Crippen LogP contribution in [0.5, 0.6) is 11.5 Å². The fourth-order valence-corrected chi connectivity index (χ4v) is 3.37. The van der Waals surface area contributed by atoms with Gasteiger partial charge in [-0.3, -0.25) is 9.59 Å². The molecule has 166 valence electrons. The third-order valence-electron chi connectivity index (χ3n) is 4.63. The third kappa shape index (κ3) is 4.12. The van der Waals surface area contributed by atoms with Crippen LogP contribution in [0.4, 0.5) is 0 Å². The van der Waals surface area contributed by atoms with Crippen LogP contribution in [0.25, 0.3) is 5.57 Å². The van der Waals surface area contributed by atoms with Crippen molar-refractivity contribution in [2.45, 2.75) is 39.9 Å². The average molecular weight is 438 g/mol. The first-order valence-electron chi connectivity index (χ1n) is 9.93. The van der Waals surface area contributed by atoms with Crippen molar-refractivity contribution < 1.29 is 38.9 Å². The summed E-state index contributed by atoms with van der Waals surface area (Å²) in [6.07, 6.45) is -0.122. The molecule has 0 bridgehead atoms. The molecule has 0 aromatic heterocycles. The van der Waals surface area contributed by atoms with Crippen molar-refractivity contribution in [3.05, 3.63) is 64.2 Å². The largest absolute Gasteiger partial charge is 0.507 e. The quantitative estimate of drug-likeness (QED) is 0.459. The molecule has 0 spiro atoms. The summed E-state index contributed by atoms with van der Waals surface area (Å²) in [6, 6.07) is 6.62. The van der Waals surface area contributed by atoms with E-state index in [9.17, 15) is 29.4 Å². The van der Waals surface area contributed by atoms with E-state index in [-0.39, 0.29) is 33.4 Å². The first kappa shape index (κ1) is 22.7. The average Bonchev–Trinajstić information content (AvgIpc) is 2.69. The Bertz CT molecular complexity index is 1170. The van der Waals surface area contributed by atoms with Crippen molar-refractivity contribution in [1.29, 1.82) is 0 Å². The van der Waals surface area contributed by atoms with Crippen molar-refractivity contribution in [1.82, 2.24) is 0 Å². The Morgan fingerprint density at radius 1 is 0.844 bits per heavy atom. The molecule has 8 heteroatoms. The van der Waals surface area contributed by atoms with E-state index in [4.69, 9.17) is 9.47 Å². The maximum atomic E-state index is 13.1. The summed E-state index contributed by atoms with van der Waals surface area (Å²) in [5.41, 5.74) is -1.22. The highest BCUT2D eigenvalue weighted by Crippen LogP contribution is 2.40. The van der Waals surface area contributed by atoms with Crippen LogP contribution < -0.4 is 0 Å². The summed E-state index contributed by atoms with van der Waals surface area (Å²) in [5.74, 6) is -4.21. The highest BCUT2D eigenvalue weighted by atomic mass is 16.5. The minimum atomic E-state index is -0.922. The topological polar surface area (TPSA) is 127 Å². The molecule has 0 atom stereocenters. The van der Waals surface area contributed by atoms with Gasteiger partial charge in [0.05, 0.1) is 28.9 Å². The Morgan fingerprint density at radius 2 is 1.47 bits per heavy atom. The molecular weight excluding hydrogens is 416 g/mol. The minimum absolute atomic E-state index is 0.00476. The molecule has 2 aromatic rings. The monoisotopic (exact) mass is 438 g/mol. The van der Waals surface area contributed by atoms with Crippen LogP contribution >= 0.6 is 0 Å². The molecule has 8 nitrogen and oxygen atoms in total. The molecule has 0 radical (unpaired) electrons. The maximum Gasteiger partial charge on any atom is 0.339 e. The van der Waals surface area contributed by atoms with Crippen molar-refractivity contribution in [2.24, 2.45) is 0 Å². The lowest BCUT2D eigenvalue weighted by molar-refractivity contribution is -0.143. The number of esters is 2. The smallest absolute Gasteiger partial charge is 0.339 e. The molecule has 0 aliphatic heterocycles.